The Bertz CT molecular complexity index is 1610. The maximum atomic E-state index is 13.9. The zero-order valence-corrected chi connectivity index (χ0v) is 30.2. The van der Waals surface area contributed by atoms with Crippen LogP contribution in [0, 0.1) is 5.92 Å². The number of carbonyl (C=O) groups excluding carboxylic acids is 4. The number of halogens is 1. The van der Waals surface area contributed by atoms with Crippen molar-refractivity contribution in [3.05, 3.63) is 58.7 Å². The van der Waals surface area contributed by atoms with Crippen molar-refractivity contribution < 1.29 is 23.9 Å². The third-order valence-corrected chi connectivity index (χ3v) is 9.30. The van der Waals surface area contributed by atoms with Gasteiger partial charge in [-0.2, -0.15) is 5.10 Å². The van der Waals surface area contributed by atoms with Crippen LogP contribution in [0.15, 0.2) is 42.5 Å². The van der Waals surface area contributed by atoms with Crippen molar-refractivity contribution in [3.8, 4) is 5.75 Å². The zero-order valence-electron chi connectivity index (χ0n) is 29.4. The second kappa shape index (κ2) is 17.5. The smallest absolute Gasteiger partial charge is 0.245 e. The Hall–Kier alpha value is -4.16. The van der Waals surface area contributed by atoms with E-state index < -0.39 is 29.9 Å². The van der Waals surface area contributed by atoms with Crippen LogP contribution in [-0.2, 0) is 39.2 Å². The third-order valence-electron chi connectivity index (χ3n) is 8.98. The zero-order chi connectivity index (χ0) is 35.7. The van der Waals surface area contributed by atoms with Crippen LogP contribution in [0.1, 0.15) is 57.7 Å². The van der Waals surface area contributed by atoms with Gasteiger partial charge in [-0.15, -0.1) is 0 Å². The van der Waals surface area contributed by atoms with E-state index in [1.54, 1.807) is 33.2 Å². The predicted molar refractivity (Wildman–Crippen MR) is 190 cm³/mol. The molecule has 3 aromatic rings. The molecule has 12 nitrogen and oxygen atoms in total. The first-order valence-corrected chi connectivity index (χ1v) is 17.3. The van der Waals surface area contributed by atoms with Crippen molar-refractivity contribution in [3.63, 3.8) is 0 Å². The van der Waals surface area contributed by atoms with E-state index in [1.165, 1.54) is 4.90 Å². The Morgan fingerprint density at radius 2 is 1.67 bits per heavy atom. The third kappa shape index (κ3) is 10.2. The number of rotatable bonds is 7. The average molecular weight is 696 g/mol. The number of hydrogen-bond donors (Lipinski definition) is 3. The molecule has 0 bridgehead atoms. The van der Waals surface area contributed by atoms with E-state index in [4.69, 9.17) is 21.4 Å². The summed E-state index contributed by atoms with van der Waals surface area (Å²) in [5.74, 6) is -0.596. The van der Waals surface area contributed by atoms with Gasteiger partial charge < -0.3 is 25.6 Å². The Labute approximate surface area is 293 Å². The molecule has 1 fully saturated rings. The summed E-state index contributed by atoms with van der Waals surface area (Å²) in [4.78, 5) is 57.7. The van der Waals surface area contributed by atoms with Gasteiger partial charge in [0.15, 0.2) is 0 Å². The van der Waals surface area contributed by atoms with Gasteiger partial charge in [0, 0.05) is 52.0 Å². The van der Waals surface area contributed by atoms with Gasteiger partial charge >= 0.3 is 0 Å². The summed E-state index contributed by atoms with van der Waals surface area (Å²) in [5.41, 5.74) is 2.58. The van der Waals surface area contributed by atoms with Gasteiger partial charge in [-0.1, -0.05) is 43.6 Å². The minimum Gasteiger partial charge on any atom is -0.497 e. The van der Waals surface area contributed by atoms with Crippen LogP contribution in [0.4, 0.5) is 0 Å². The Kier molecular flexibility index (Phi) is 13.4. The topological polar surface area (TPSA) is 138 Å². The number of hydrogen-bond acceptors (Lipinski definition) is 7. The van der Waals surface area contributed by atoms with Crippen LogP contribution in [-0.4, -0.2) is 95.1 Å². The van der Waals surface area contributed by atoms with Crippen LogP contribution in [0.3, 0.4) is 0 Å². The molecule has 2 aromatic carbocycles. The number of benzene rings is 2. The number of carbonyl (C=O) groups is 4. The number of ether oxygens (including phenoxy) is 1. The van der Waals surface area contributed by atoms with Crippen molar-refractivity contribution in [2.24, 2.45) is 13.0 Å². The molecule has 0 unspecified atom stereocenters. The molecule has 13 heteroatoms. The number of likely N-dealkylation sites (N-methyl/N-ethyl adjacent to an activating group) is 1. The molecule has 1 saturated heterocycles. The standard InChI is InChI=1S/C36H50ClN7O5/c1-23(2)20-28-35(47)40-29(21-25-13-15-26(49-6)16-14-25)36(48)42(4)24(3)34(46)38-17-9-19-44(18-8-12-32(45)39-28)22-30-33-27(37)10-7-11-31(33)43(5)41-30/h7,10-11,13-16,23-24,28-29H,8-9,12,17-22H2,1-6H3,(H,38,46)(H,39,45)(H,40,47)/t24-,28+,29-/m0/s1. The highest BCUT2D eigenvalue weighted by Gasteiger charge is 2.32. The molecule has 1 aliphatic heterocycles. The highest BCUT2D eigenvalue weighted by atomic mass is 35.5. The molecule has 1 aliphatic rings. The summed E-state index contributed by atoms with van der Waals surface area (Å²) in [6.07, 6.45) is 2.01. The number of fused-ring (bicyclic) bond motifs is 1. The van der Waals surface area contributed by atoms with E-state index in [0.29, 0.717) is 56.2 Å². The largest absolute Gasteiger partial charge is 0.497 e. The van der Waals surface area contributed by atoms with E-state index in [0.717, 1.165) is 22.2 Å². The second-order valence-electron chi connectivity index (χ2n) is 13.2. The highest BCUT2D eigenvalue weighted by Crippen LogP contribution is 2.27. The number of nitrogens with one attached hydrogen (secondary N) is 3. The van der Waals surface area contributed by atoms with Gasteiger partial charge in [-0.25, -0.2) is 0 Å². The minimum absolute atomic E-state index is 0.103. The van der Waals surface area contributed by atoms with E-state index in [9.17, 15) is 19.2 Å². The number of amides is 4. The molecule has 1 aromatic heterocycles. The maximum absolute atomic E-state index is 13.9. The Balaban J connectivity index is 1.56. The second-order valence-corrected chi connectivity index (χ2v) is 13.6. The summed E-state index contributed by atoms with van der Waals surface area (Å²) < 4.78 is 7.08. The van der Waals surface area contributed by atoms with Crippen molar-refractivity contribution >= 4 is 46.1 Å². The van der Waals surface area contributed by atoms with Gasteiger partial charge in [0.25, 0.3) is 0 Å². The van der Waals surface area contributed by atoms with Crippen molar-refractivity contribution in [2.75, 3.05) is 33.8 Å². The lowest BCUT2D eigenvalue weighted by atomic mass is 10.00. The van der Waals surface area contributed by atoms with Crippen LogP contribution >= 0.6 is 11.6 Å². The number of methoxy groups -OCH3 is 1. The molecule has 4 amide bonds. The van der Waals surface area contributed by atoms with Gasteiger partial charge in [0.1, 0.15) is 23.9 Å². The lowest BCUT2D eigenvalue weighted by Gasteiger charge is -2.30. The van der Waals surface area contributed by atoms with E-state index >= 15 is 0 Å². The van der Waals surface area contributed by atoms with Crippen LogP contribution < -0.4 is 20.7 Å². The Morgan fingerprint density at radius 1 is 0.959 bits per heavy atom. The number of nitrogens with zero attached hydrogens (tertiary/aromatic N) is 4. The molecule has 49 heavy (non-hydrogen) atoms. The quantitative estimate of drug-likeness (QED) is 0.345. The first kappa shape index (κ1) is 37.7. The first-order valence-electron chi connectivity index (χ1n) is 17.0. The van der Waals surface area contributed by atoms with Crippen molar-refractivity contribution in [1.29, 1.82) is 0 Å². The summed E-state index contributed by atoms with van der Waals surface area (Å²) in [7, 11) is 5.02. The molecule has 3 N–H and O–H groups in total. The molecule has 0 radical (unpaired) electrons. The average Bonchev–Trinajstić information content (AvgIpc) is 3.39. The fourth-order valence-electron chi connectivity index (χ4n) is 6.12. The maximum Gasteiger partial charge on any atom is 0.245 e. The fourth-order valence-corrected chi connectivity index (χ4v) is 6.40. The lowest BCUT2D eigenvalue weighted by Crippen LogP contribution is -2.57. The van der Waals surface area contributed by atoms with Gasteiger partial charge in [-0.3, -0.25) is 28.8 Å². The molecule has 0 saturated carbocycles. The number of aryl methyl sites for hydroxylation is 1. The predicted octanol–water partition coefficient (Wildman–Crippen LogP) is 3.44. The normalized spacial score (nSPS) is 21.2. The van der Waals surface area contributed by atoms with Crippen molar-refractivity contribution in [2.45, 2.75) is 77.5 Å². The van der Waals surface area contributed by atoms with Gasteiger partial charge in [-0.05, 0) is 68.5 Å². The molecule has 3 atom stereocenters. The lowest BCUT2D eigenvalue weighted by molar-refractivity contribution is -0.141. The van der Waals surface area contributed by atoms with Crippen LogP contribution in [0.5, 0.6) is 5.75 Å². The molecular weight excluding hydrogens is 646 g/mol. The minimum atomic E-state index is -0.962. The van der Waals surface area contributed by atoms with E-state index in [2.05, 4.69) is 20.9 Å². The van der Waals surface area contributed by atoms with Gasteiger partial charge in [0.05, 0.1) is 23.3 Å². The molecule has 0 aliphatic carbocycles. The van der Waals surface area contributed by atoms with E-state index in [-0.39, 0.29) is 30.6 Å². The van der Waals surface area contributed by atoms with E-state index in [1.807, 2.05) is 55.9 Å². The molecule has 0 spiro atoms. The van der Waals surface area contributed by atoms with Crippen LogP contribution in [0.25, 0.3) is 10.9 Å². The molecular formula is C36H50ClN7O5. The highest BCUT2D eigenvalue weighted by molar-refractivity contribution is 6.35. The fraction of sp³-hybridized carbons (Fsp3) is 0.528. The summed E-state index contributed by atoms with van der Waals surface area (Å²) in [5, 5.41) is 15.1. The van der Waals surface area contributed by atoms with Crippen LogP contribution in [0.2, 0.25) is 5.02 Å². The van der Waals surface area contributed by atoms with Gasteiger partial charge in [0.2, 0.25) is 23.6 Å². The SMILES string of the molecule is COc1ccc(C[C@@H]2NC(=O)[C@@H](CC(C)C)NC(=O)CCCN(Cc3nn(C)c4cccc(Cl)c34)CCCNC(=O)[C@H](C)N(C)C2=O)cc1. The summed E-state index contributed by atoms with van der Waals surface area (Å²) in [6.45, 7) is 7.77. The molecule has 266 valence electrons. The summed E-state index contributed by atoms with van der Waals surface area (Å²) >= 11 is 6.58. The Morgan fingerprint density at radius 3 is 2.37 bits per heavy atom. The summed E-state index contributed by atoms with van der Waals surface area (Å²) in [6, 6.07) is 10.4. The first-order chi connectivity index (χ1) is 23.4. The molecule has 2 heterocycles. The monoisotopic (exact) mass is 695 g/mol. The molecule has 4 rings (SSSR count). The van der Waals surface area contributed by atoms with Crippen molar-refractivity contribution in [1.82, 2.24) is 35.5 Å². The number of aromatic nitrogens is 2.